The molecule has 2 heteroatoms. The Labute approximate surface area is 82.6 Å². The van der Waals surface area contributed by atoms with Gasteiger partial charge in [-0.05, 0) is 18.3 Å². The van der Waals surface area contributed by atoms with Gasteiger partial charge in [0.1, 0.15) is 0 Å². The van der Waals surface area contributed by atoms with Crippen LogP contribution >= 0.6 is 0 Å². The molecule has 0 amide bonds. The highest BCUT2D eigenvalue weighted by Gasteiger charge is 2.08. The smallest absolute Gasteiger partial charge is 0.0700 e. The number of hydrogen-bond donors (Lipinski definition) is 0. The minimum absolute atomic E-state index is 0.379. The first-order valence-electron chi connectivity index (χ1n) is 5.22. The van der Waals surface area contributed by atoms with Crippen molar-refractivity contribution in [3.05, 3.63) is 0 Å². The van der Waals surface area contributed by atoms with Gasteiger partial charge in [-0.25, -0.2) is 0 Å². The van der Waals surface area contributed by atoms with E-state index in [4.69, 9.17) is 9.47 Å². The van der Waals surface area contributed by atoms with Crippen LogP contribution in [-0.2, 0) is 9.47 Å². The Morgan fingerprint density at radius 3 is 1.85 bits per heavy atom. The summed E-state index contributed by atoms with van der Waals surface area (Å²) in [7, 11) is 0. The fourth-order valence-corrected chi connectivity index (χ4v) is 0.845. The molecule has 0 heterocycles. The molecule has 0 bridgehead atoms. The maximum atomic E-state index is 5.43. The van der Waals surface area contributed by atoms with Crippen LogP contribution in [0.5, 0.6) is 0 Å². The summed E-state index contributed by atoms with van der Waals surface area (Å²) in [6.45, 7) is 12.0. The molecule has 0 N–H and O–H groups in total. The number of hydrogen-bond acceptors (Lipinski definition) is 2. The van der Waals surface area contributed by atoms with Crippen LogP contribution in [0.25, 0.3) is 0 Å². The van der Waals surface area contributed by atoms with Crippen molar-refractivity contribution in [2.24, 2.45) is 5.41 Å². The van der Waals surface area contributed by atoms with Crippen molar-refractivity contribution < 1.29 is 9.47 Å². The van der Waals surface area contributed by atoms with Crippen molar-refractivity contribution in [2.75, 3.05) is 26.4 Å². The molecule has 0 spiro atoms. The first-order chi connectivity index (χ1) is 6.06. The molecule has 0 fully saturated rings. The van der Waals surface area contributed by atoms with Gasteiger partial charge in [-0.1, -0.05) is 27.7 Å². The maximum Gasteiger partial charge on any atom is 0.0700 e. The second-order valence-corrected chi connectivity index (χ2v) is 4.54. The van der Waals surface area contributed by atoms with E-state index in [0.29, 0.717) is 5.41 Å². The Morgan fingerprint density at radius 2 is 1.38 bits per heavy atom. The van der Waals surface area contributed by atoms with Crippen molar-refractivity contribution in [1.82, 2.24) is 0 Å². The van der Waals surface area contributed by atoms with Crippen molar-refractivity contribution in [2.45, 2.75) is 40.5 Å². The van der Waals surface area contributed by atoms with Gasteiger partial charge in [0, 0.05) is 13.2 Å². The van der Waals surface area contributed by atoms with E-state index in [9.17, 15) is 0 Å². The van der Waals surface area contributed by atoms with Crippen LogP contribution < -0.4 is 0 Å². The average Bonchev–Trinajstić information content (AvgIpc) is 2.01. The summed E-state index contributed by atoms with van der Waals surface area (Å²) < 4.78 is 10.7. The van der Waals surface area contributed by atoms with Gasteiger partial charge < -0.3 is 9.47 Å². The zero-order valence-corrected chi connectivity index (χ0v) is 9.56. The lowest BCUT2D eigenvalue weighted by Crippen LogP contribution is -2.12. The molecule has 0 atom stereocenters. The van der Waals surface area contributed by atoms with E-state index in [0.717, 1.165) is 39.3 Å². The third-order valence-electron chi connectivity index (χ3n) is 1.72. The summed E-state index contributed by atoms with van der Waals surface area (Å²) in [6.07, 6.45) is 2.20. The van der Waals surface area contributed by atoms with E-state index in [-0.39, 0.29) is 0 Å². The summed E-state index contributed by atoms with van der Waals surface area (Å²) in [5.41, 5.74) is 0.379. The largest absolute Gasteiger partial charge is 0.379 e. The van der Waals surface area contributed by atoms with Gasteiger partial charge in [0.2, 0.25) is 0 Å². The third-order valence-corrected chi connectivity index (χ3v) is 1.72. The summed E-state index contributed by atoms with van der Waals surface area (Å²) in [4.78, 5) is 0. The molecule has 0 aliphatic carbocycles. The molecule has 0 aromatic heterocycles. The van der Waals surface area contributed by atoms with Crippen LogP contribution in [0.15, 0.2) is 0 Å². The van der Waals surface area contributed by atoms with Gasteiger partial charge in [0.15, 0.2) is 0 Å². The van der Waals surface area contributed by atoms with E-state index in [2.05, 4.69) is 27.7 Å². The second kappa shape index (κ2) is 7.34. The molecular formula is C11H24O2. The fourth-order valence-electron chi connectivity index (χ4n) is 0.845. The van der Waals surface area contributed by atoms with Gasteiger partial charge in [0.05, 0.1) is 13.2 Å². The Bertz CT molecular complexity index is 105. The van der Waals surface area contributed by atoms with Crippen LogP contribution in [0.1, 0.15) is 40.5 Å². The lowest BCUT2D eigenvalue weighted by molar-refractivity contribution is 0.0390. The Morgan fingerprint density at radius 1 is 0.846 bits per heavy atom. The zero-order chi connectivity index (χ0) is 10.2. The molecule has 0 aliphatic heterocycles. The van der Waals surface area contributed by atoms with Gasteiger partial charge in [-0.3, -0.25) is 0 Å². The molecule has 0 radical (unpaired) electrons. The van der Waals surface area contributed by atoms with E-state index in [1.807, 2.05) is 0 Å². The molecule has 0 unspecified atom stereocenters. The minimum Gasteiger partial charge on any atom is -0.379 e. The highest BCUT2D eigenvalue weighted by Crippen LogP contribution is 2.17. The molecule has 2 nitrogen and oxygen atoms in total. The predicted octanol–water partition coefficient (Wildman–Crippen LogP) is 2.87. The van der Waals surface area contributed by atoms with Crippen LogP contribution in [0, 0.1) is 5.41 Å². The second-order valence-electron chi connectivity index (χ2n) is 4.54. The molecule has 0 aliphatic rings. The van der Waals surface area contributed by atoms with E-state index >= 15 is 0 Å². The lowest BCUT2D eigenvalue weighted by atomic mass is 9.93. The summed E-state index contributed by atoms with van der Waals surface area (Å²) >= 11 is 0. The normalized spacial score (nSPS) is 12.0. The van der Waals surface area contributed by atoms with Gasteiger partial charge >= 0.3 is 0 Å². The van der Waals surface area contributed by atoms with Gasteiger partial charge in [0.25, 0.3) is 0 Å². The molecule has 0 rings (SSSR count). The summed E-state index contributed by atoms with van der Waals surface area (Å²) in [5, 5.41) is 0. The standard InChI is InChI=1S/C11H24O2/c1-5-7-12-9-10-13-8-6-11(2,3)4/h5-10H2,1-4H3. The average molecular weight is 188 g/mol. The van der Waals surface area contributed by atoms with E-state index in [1.54, 1.807) is 0 Å². The first kappa shape index (κ1) is 12.9. The lowest BCUT2D eigenvalue weighted by Gasteiger charge is -2.17. The van der Waals surface area contributed by atoms with Crippen LogP contribution in [0.3, 0.4) is 0 Å². The van der Waals surface area contributed by atoms with Crippen molar-refractivity contribution in [1.29, 1.82) is 0 Å². The van der Waals surface area contributed by atoms with Crippen LogP contribution in [0.4, 0.5) is 0 Å². The minimum atomic E-state index is 0.379. The maximum absolute atomic E-state index is 5.43. The molecule has 0 aromatic rings. The zero-order valence-electron chi connectivity index (χ0n) is 9.56. The van der Waals surface area contributed by atoms with E-state index in [1.165, 1.54) is 0 Å². The van der Waals surface area contributed by atoms with Crippen LogP contribution in [0.2, 0.25) is 0 Å². The molecule has 13 heavy (non-hydrogen) atoms. The fraction of sp³-hybridized carbons (Fsp3) is 1.00. The SMILES string of the molecule is CCCOCCOCCC(C)(C)C. The summed E-state index contributed by atoms with van der Waals surface area (Å²) in [6, 6.07) is 0. The molecule has 0 saturated heterocycles. The molecule has 0 aromatic carbocycles. The van der Waals surface area contributed by atoms with Crippen LogP contribution in [-0.4, -0.2) is 26.4 Å². The topological polar surface area (TPSA) is 18.5 Å². The number of ether oxygens (including phenoxy) is 2. The summed E-state index contributed by atoms with van der Waals surface area (Å²) in [5.74, 6) is 0. The Hall–Kier alpha value is -0.0800. The van der Waals surface area contributed by atoms with Crippen molar-refractivity contribution in [3.8, 4) is 0 Å². The Balaban J connectivity index is 3.00. The highest BCUT2D eigenvalue weighted by atomic mass is 16.5. The van der Waals surface area contributed by atoms with Crippen molar-refractivity contribution >= 4 is 0 Å². The van der Waals surface area contributed by atoms with Gasteiger partial charge in [-0.15, -0.1) is 0 Å². The predicted molar refractivity (Wildman–Crippen MR) is 56.0 cm³/mol. The highest BCUT2D eigenvalue weighted by molar-refractivity contribution is 4.59. The molecular weight excluding hydrogens is 164 g/mol. The quantitative estimate of drug-likeness (QED) is 0.572. The third kappa shape index (κ3) is 11.9. The van der Waals surface area contributed by atoms with Crippen molar-refractivity contribution in [3.63, 3.8) is 0 Å². The monoisotopic (exact) mass is 188 g/mol. The van der Waals surface area contributed by atoms with Gasteiger partial charge in [-0.2, -0.15) is 0 Å². The van der Waals surface area contributed by atoms with E-state index < -0.39 is 0 Å². The molecule has 0 saturated carbocycles. The number of rotatable bonds is 7. The molecule has 80 valence electrons. The first-order valence-corrected chi connectivity index (χ1v) is 5.22. The Kier molecular flexibility index (Phi) is 7.29.